The van der Waals surface area contributed by atoms with Gasteiger partial charge in [0.05, 0.1) is 5.41 Å². The fourth-order valence-corrected chi connectivity index (χ4v) is 1.02. The van der Waals surface area contributed by atoms with Crippen molar-refractivity contribution in [3.8, 4) is 0 Å². The van der Waals surface area contributed by atoms with Crippen LogP contribution in [0, 0.1) is 10.1 Å². The molecular formula is C11H15NO2S. The highest BCUT2D eigenvalue weighted by Gasteiger charge is 2.28. The number of carbonyl (C=O) groups is 1. The molecule has 0 aliphatic rings. The first-order valence-electron chi connectivity index (χ1n) is 4.88. The maximum Gasteiger partial charge on any atom is 0.338 e. The summed E-state index contributed by atoms with van der Waals surface area (Å²) >= 11 is 5.02. The van der Waals surface area contributed by atoms with Crippen LogP contribution < -0.4 is 4.84 Å². The Hall–Kier alpha value is -1.16. The monoisotopic (exact) mass is 225 g/mol. The Labute approximate surface area is 94.6 Å². The molecule has 0 atom stereocenters. The largest absolute Gasteiger partial charge is 0.338 e. The predicted octanol–water partition coefficient (Wildman–Crippen LogP) is 2.61. The Kier molecular flexibility index (Phi) is 3.63. The van der Waals surface area contributed by atoms with Crippen molar-refractivity contribution in [1.29, 1.82) is 0 Å². The molecule has 82 valence electrons. The fraction of sp³-hybridized carbons (Fsp3) is 0.455. The Morgan fingerprint density at radius 3 is 2.73 bits per heavy atom. The minimum Gasteiger partial charge on any atom is -0.335 e. The molecule has 0 saturated heterocycles. The molecule has 0 aromatic carbocycles. The van der Waals surface area contributed by atoms with Crippen LogP contribution in [-0.4, -0.2) is 10.7 Å². The molecule has 1 aromatic rings. The van der Waals surface area contributed by atoms with Crippen LogP contribution in [0.25, 0.3) is 0 Å². The molecule has 0 N–H and O–H groups in total. The van der Waals surface area contributed by atoms with E-state index in [9.17, 15) is 4.79 Å². The van der Waals surface area contributed by atoms with Crippen LogP contribution in [-0.2, 0) is 4.79 Å². The first-order valence-corrected chi connectivity index (χ1v) is 5.28. The van der Waals surface area contributed by atoms with Gasteiger partial charge in [0.15, 0.2) is 0 Å². The Morgan fingerprint density at radius 2 is 2.20 bits per heavy atom. The minimum atomic E-state index is -0.482. The van der Waals surface area contributed by atoms with Crippen molar-refractivity contribution in [2.75, 3.05) is 0 Å². The molecule has 0 spiro atoms. The van der Waals surface area contributed by atoms with Crippen molar-refractivity contribution >= 4 is 18.2 Å². The quantitative estimate of drug-likeness (QED) is 0.741. The second-order valence-corrected chi connectivity index (χ2v) is 4.40. The van der Waals surface area contributed by atoms with Crippen LogP contribution in [0.15, 0.2) is 24.4 Å². The lowest BCUT2D eigenvalue weighted by molar-refractivity contribution is -0.154. The van der Waals surface area contributed by atoms with E-state index in [4.69, 9.17) is 17.1 Å². The molecule has 4 heteroatoms. The molecule has 0 bridgehead atoms. The lowest BCUT2D eigenvalue weighted by Crippen LogP contribution is -2.33. The van der Waals surface area contributed by atoms with E-state index in [0.29, 0.717) is 4.64 Å². The van der Waals surface area contributed by atoms with Crippen LogP contribution >= 0.6 is 12.2 Å². The summed E-state index contributed by atoms with van der Waals surface area (Å²) in [5.41, 5.74) is -0.482. The molecule has 1 rings (SSSR count). The van der Waals surface area contributed by atoms with Crippen molar-refractivity contribution in [3.05, 3.63) is 29.0 Å². The number of hydrogen-bond donors (Lipinski definition) is 0. The van der Waals surface area contributed by atoms with Crippen LogP contribution in [0.1, 0.15) is 27.2 Å². The highest BCUT2D eigenvalue weighted by molar-refractivity contribution is 7.71. The van der Waals surface area contributed by atoms with Gasteiger partial charge >= 0.3 is 5.97 Å². The SMILES string of the molecule is CCC(C)(C)C(=O)On1ccccc1=S. The van der Waals surface area contributed by atoms with Crippen LogP contribution in [0.4, 0.5) is 0 Å². The number of carbonyl (C=O) groups excluding carboxylic acids is 1. The van der Waals surface area contributed by atoms with Gasteiger partial charge < -0.3 is 4.84 Å². The average Bonchev–Trinajstić information content (AvgIpc) is 2.21. The van der Waals surface area contributed by atoms with E-state index < -0.39 is 5.41 Å². The van der Waals surface area contributed by atoms with Gasteiger partial charge in [0, 0.05) is 6.20 Å². The number of rotatable bonds is 3. The molecular weight excluding hydrogens is 210 g/mol. The fourth-order valence-electron chi connectivity index (χ4n) is 0.845. The Bertz CT molecular complexity index is 409. The van der Waals surface area contributed by atoms with Crippen molar-refractivity contribution in [2.24, 2.45) is 5.41 Å². The minimum absolute atomic E-state index is 0.271. The molecule has 0 radical (unpaired) electrons. The molecule has 0 aliphatic heterocycles. The van der Waals surface area contributed by atoms with Crippen molar-refractivity contribution in [1.82, 2.24) is 4.73 Å². The second-order valence-electron chi connectivity index (χ2n) is 3.98. The third kappa shape index (κ3) is 2.89. The van der Waals surface area contributed by atoms with Gasteiger partial charge in [-0.15, -0.1) is 0 Å². The molecule has 1 aromatic heterocycles. The third-order valence-electron chi connectivity index (χ3n) is 2.41. The predicted molar refractivity (Wildman–Crippen MR) is 60.9 cm³/mol. The van der Waals surface area contributed by atoms with E-state index >= 15 is 0 Å². The zero-order chi connectivity index (χ0) is 11.5. The second kappa shape index (κ2) is 4.57. The van der Waals surface area contributed by atoms with Crippen LogP contribution in [0.3, 0.4) is 0 Å². The number of hydrogen-bond acceptors (Lipinski definition) is 3. The van der Waals surface area contributed by atoms with Gasteiger partial charge in [0.2, 0.25) is 0 Å². The summed E-state index contributed by atoms with van der Waals surface area (Å²) in [5, 5.41) is 0. The van der Waals surface area contributed by atoms with Gasteiger partial charge in [0.1, 0.15) is 4.64 Å². The topological polar surface area (TPSA) is 31.2 Å². The first-order chi connectivity index (χ1) is 6.97. The van der Waals surface area contributed by atoms with Crippen molar-refractivity contribution in [2.45, 2.75) is 27.2 Å². The zero-order valence-electron chi connectivity index (χ0n) is 9.19. The van der Waals surface area contributed by atoms with Gasteiger partial charge in [-0.05, 0) is 32.4 Å². The molecule has 1 heterocycles. The van der Waals surface area contributed by atoms with Gasteiger partial charge in [-0.1, -0.05) is 25.2 Å². The Morgan fingerprint density at radius 1 is 1.53 bits per heavy atom. The highest BCUT2D eigenvalue weighted by atomic mass is 32.1. The van der Waals surface area contributed by atoms with E-state index in [1.54, 1.807) is 24.4 Å². The zero-order valence-corrected chi connectivity index (χ0v) is 10.0. The van der Waals surface area contributed by atoms with E-state index in [-0.39, 0.29) is 5.97 Å². The van der Waals surface area contributed by atoms with E-state index in [1.807, 2.05) is 20.8 Å². The third-order valence-corrected chi connectivity index (χ3v) is 2.72. The molecule has 15 heavy (non-hydrogen) atoms. The summed E-state index contributed by atoms with van der Waals surface area (Å²) < 4.78 is 1.80. The summed E-state index contributed by atoms with van der Waals surface area (Å²) in [7, 11) is 0. The normalized spacial score (nSPS) is 11.1. The molecule has 0 saturated carbocycles. The average molecular weight is 225 g/mol. The maximum absolute atomic E-state index is 11.7. The van der Waals surface area contributed by atoms with Crippen molar-refractivity contribution < 1.29 is 9.63 Å². The van der Waals surface area contributed by atoms with E-state index in [1.165, 1.54) is 4.73 Å². The van der Waals surface area contributed by atoms with Crippen molar-refractivity contribution in [3.63, 3.8) is 0 Å². The number of aromatic nitrogens is 1. The van der Waals surface area contributed by atoms with Crippen LogP contribution in [0.5, 0.6) is 0 Å². The van der Waals surface area contributed by atoms with Gasteiger partial charge in [-0.25, -0.2) is 4.79 Å². The molecule has 0 aliphatic carbocycles. The van der Waals surface area contributed by atoms with Gasteiger partial charge in [0.25, 0.3) is 0 Å². The summed E-state index contributed by atoms with van der Waals surface area (Å²) in [6.45, 7) is 5.65. The first kappa shape index (κ1) is 11.9. The maximum atomic E-state index is 11.7. The summed E-state index contributed by atoms with van der Waals surface area (Å²) in [6.07, 6.45) is 2.36. The van der Waals surface area contributed by atoms with Gasteiger partial charge in [-0.3, -0.25) is 0 Å². The highest BCUT2D eigenvalue weighted by Crippen LogP contribution is 2.20. The lowest BCUT2D eigenvalue weighted by atomic mass is 9.91. The number of nitrogens with zero attached hydrogens (tertiary/aromatic N) is 1. The number of pyridine rings is 1. The summed E-state index contributed by atoms with van der Waals surface area (Å²) in [5.74, 6) is -0.271. The standard InChI is InChI=1S/C11H15NO2S/c1-4-11(2,3)10(13)14-12-8-6-5-7-9(12)15/h5-8H,4H2,1-3H3. The van der Waals surface area contributed by atoms with Crippen LogP contribution in [0.2, 0.25) is 0 Å². The molecule has 0 fully saturated rings. The lowest BCUT2D eigenvalue weighted by Gasteiger charge is -2.20. The van der Waals surface area contributed by atoms with E-state index in [0.717, 1.165) is 6.42 Å². The smallest absolute Gasteiger partial charge is 0.335 e. The van der Waals surface area contributed by atoms with Gasteiger partial charge in [-0.2, -0.15) is 4.73 Å². The molecule has 3 nitrogen and oxygen atoms in total. The molecule has 0 amide bonds. The molecule has 0 unspecified atom stereocenters. The Balaban J connectivity index is 2.85. The van der Waals surface area contributed by atoms with E-state index in [2.05, 4.69) is 0 Å². The summed E-state index contributed by atoms with van der Waals surface area (Å²) in [4.78, 5) is 16.9. The summed E-state index contributed by atoms with van der Waals surface area (Å²) in [6, 6.07) is 5.28.